The molecule has 1 spiro atoms. The van der Waals surface area contributed by atoms with Crippen molar-refractivity contribution < 1.29 is 4.74 Å². The second kappa shape index (κ2) is 5.93. The Morgan fingerprint density at radius 3 is 2.80 bits per heavy atom. The van der Waals surface area contributed by atoms with Crippen molar-refractivity contribution in [1.29, 1.82) is 0 Å². The van der Waals surface area contributed by atoms with Crippen LogP contribution >= 0.6 is 11.3 Å². The first-order chi connectivity index (χ1) is 12.3. The highest BCUT2D eigenvalue weighted by molar-refractivity contribution is 7.18. The van der Waals surface area contributed by atoms with Crippen LogP contribution in [0.15, 0.2) is 36.5 Å². The van der Waals surface area contributed by atoms with Crippen molar-refractivity contribution in [3.8, 4) is 10.6 Å². The van der Waals surface area contributed by atoms with E-state index in [0.29, 0.717) is 0 Å². The molecule has 4 heterocycles. The van der Waals surface area contributed by atoms with E-state index in [9.17, 15) is 0 Å². The van der Waals surface area contributed by atoms with Crippen LogP contribution in [-0.2, 0) is 16.8 Å². The maximum absolute atomic E-state index is 6.22. The molecule has 7 heteroatoms. The first-order valence-electron chi connectivity index (χ1n) is 8.65. The zero-order chi connectivity index (χ0) is 16.7. The molecule has 1 saturated heterocycles. The van der Waals surface area contributed by atoms with Gasteiger partial charge in [-0.05, 0) is 24.8 Å². The molecule has 0 bridgehead atoms. The fraction of sp³-hybridized carbons (Fsp3) is 0.389. The van der Waals surface area contributed by atoms with Gasteiger partial charge in [-0.15, -0.1) is 10.2 Å². The van der Waals surface area contributed by atoms with E-state index in [4.69, 9.17) is 4.74 Å². The summed E-state index contributed by atoms with van der Waals surface area (Å²) >= 11 is 1.66. The van der Waals surface area contributed by atoms with Crippen LogP contribution in [-0.4, -0.2) is 40.1 Å². The van der Waals surface area contributed by atoms with Crippen LogP contribution in [0.25, 0.3) is 10.6 Å². The highest BCUT2D eigenvalue weighted by atomic mass is 32.1. The molecule has 2 aliphatic rings. The average molecular weight is 353 g/mol. The van der Waals surface area contributed by atoms with Crippen LogP contribution in [0.4, 0.5) is 5.13 Å². The van der Waals surface area contributed by atoms with Crippen molar-refractivity contribution in [1.82, 2.24) is 20.4 Å². The van der Waals surface area contributed by atoms with E-state index in [-0.39, 0.29) is 5.60 Å². The maximum Gasteiger partial charge on any atom is 0.208 e. The Kier molecular flexibility index (Phi) is 3.57. The van der Waals surface area contributed by atoms with Gasteiger partial charge in [-0.3, -0.25) is 5.10 Å². The molecular formula is C18H19N5OS. The summed E-state index contributed by atoms with van der Waals surface area (Å²) < 4.78 is 6.22. The van der Waals surface area contributed by atoms with E-state index < -0.39 is 0 Å². The Bertz CT molecular complexity index is 866. The van der Waals surface area contributed by atoms with Gasteiger partial charge in [0.1, 0.15) is 10.6 Å². The minimum atomic E-state index is -0.201. The molecule has 5 rings (SSSR count). The summed E-state index contributed by atoms with van der Waals surface area (Å²) in [6.45, 7) is 2.62. The van der Waals surface area contributed by atoms with Crippen molar-refractivity contribution in [2.24, 2.45) is 0 Å². The Hall–Kier alpha value is -2.25. The fourth-order valence-corrected chi connectivity index (χ4v) is 4.72. The van der Waals surface area contributed by atoms with Crippen molar-refractivity contribution in [3.63, 3.8) is 0 Å². The largest absolute Gasteiger partial charge is 0.368 e. The number of hydrogen-bond acceptors (Lipinski definition) is 6. The monoisotopic (exact) mass is 353 g/mol. The minimum Gasteiger partial charge on any atom is -0.368 e. The van der Waals surface area contributed by atoms with E-state index in [1.54, 1.807) is 11.3 Å². The SMILES string of the molecule is c1ccc(-c2nnc(N3CCC4(CC3)OCCc3cn[nH]c34)s2)cc1. The number of aromatic amines is 1. The molecule has 0 radical (unpaired) electrons. The van der Waals surface area contributed by atoms with Crippen molar-refractivity contribution in [2.45, 2.75) is 24.9 Å². The lowest BCUT2D eigenvalue weighted by molar-refractivity contribution is -0.0795. The lowest BCUT2D eigenvalue weighted by Crippen LogP contribution is -2.46. The number of hydrogen-bond donors (Lipinski definition) is 1. The molecule has 6 nitrogen and oxygen atoms in total. The van der Waals surface area contributed by atoms with Gasteiger partial charge in [0.25, 0.3) is 0 Å². The third-order valence-corrected chi connectivity index (χ3v) is 6.23. The Morgan fingerprint density at radius 1 is 1.12 bits per heavy atom. The van der Waals surface area contributed by atoms with Gasteiger partial charge in [0, 0.05) is 18.7 Å². The number of anilines is 1. The van der Waals surface area contributed by atoms with Crippen LogP contribution in [0.1, 0.15) is 24.1 Å². The number of nitrogens with one attached hydrogen (secondary N) is 1. The summed E-state index contributed by atoms with van der Waals surface area (Å²) in [5.74, 6) is 0. The van der Waals surface area contributed by atoms with Crippen LogP contribution in [0.3, 0.4) is 0 Å². The van der Waals surface area contributed by atoms with E-state index in [0.717, 1.165) is 54.7 Å². The molecule has 0 atom stereocenters. The Labute approximate surface area is 149 Å². The Morgan fingerprint density at radius 2 is 1.96 bits per heavy atom. The number of ether oxygens (including phenoxy) is 1. The lowest BCUT2D eigenvalue weighted by Gasteiger charge is -2.43. The van der Waals surface area contributed by atoms with Gasteiger partial charge >= 0.3 is 0 Å². The summed E-state index contributed by atoms with van der Waals surface area (Å²) in [6.07, 6.45) is 4.79. The zero-order valence-corrected chi connectivity index (χ0v) is 14.6. The molecule has 0 saturated carbocycles. The summed E-state index contributed by atoms with van der Waals surface area (Å²) in [5, 5.41) is 18.2. The molecule has 1 aromatic carbocycles. The molecule has 2 aromatic heterocycles. The van der Waals surface area contributed by atoms with Gasteiger partial charge in [0.2, 0.25) is 5.13 Å². The van der Waals surface area contributed by atoms with Gasteiger partial charge in [-0.1, -0.05) is 41.7 Å². The molecule has 25 heavy (non-hydrogen) atoms. The van der Waals surface area contributed by atoms with Crippen LogP contribution < -0.4 is 4.90 Å². The summed E-state index contributed by atoms with van der Waals surface area (Å²) in [7, 11) is 0. The van der Waals surface area contributed by atoms with E-state index in [1.807, 2.05) is 24.4 Å². The lowest BCUT2D eigenvalue weighted by atomic mass is 9.84. The third-order valence-electron chi connectivity index (χ3n) is 5.20. The van der Waals surface area contributed by atoms with Crippen molar-refractivity contribution in [3.05, 3.63) is 47.8 Å². The fourth-order valence-electron chi connectivity index (χ4n) is 3.82. The average Bonchev–Trinajstić information content (AvgIpc) is 3.34. The summed E-state index contributed by atoms with van der Waals surface area (Å²) in [6, 6.07) is 10.2. The van der Waals surface area contributed by atoms with E-state index >= 15 is 0 Å². The van der Waals surface area contributed by atoms with Crippen LogP contribution in [0.5, 0.6) is 0 Å². The first kappa shape index (κ1) is 15.0. The molecule has 0 unspecified atom stereocenters. The number of nitrogens with zero attached hydrogens (tertiary/aromatic N) is 4. The number of rotatable bonds is 2. The molecule has 1 N–H and O–H groups in total. The quantitative estimate of drug-likeness (QED) is 0.767. The maximum atomic E-state index is 6.22. The molecule has 0 amide bonds. The number of aromatic nitrogens is 4. The van der Waals surface area contributed by atoms with Crippen LogP contribution in [0.2, 0.25) is 0 Å². The number of H-pyrrole nitrogens is 1. The first-order valence-corrected chi connectivity index (χ1v) is 9.46. The molecule has 3 aromatic rings. The van der Waals surface area contributed by atoms with Crippen LogP contribution in [0, 0.1) is 0 Å². The molecule has 128 valence electrons. The summed E-state index contributed by atoms with van der Waals surface area (Å²) in [5.41, 5.74) is 3.41. The topological polar surface area (TPSA) is 66.9 Å². The van der Waals surface area contributed by atoms with E-state index in [1.165, 1.54) is 11.3 Å². The predicted octanol–water partition coefficient (Wildman–Crippen LogP) is 3.00. The minimum absolute atomic E-state index is 0.201. The zero-order valence-electron chi connectivity index (χ0n) is 13.8. The highest BCUT2D eigenvalue weighted by Crippen LogP contribution is 2.41. The highest BCUT2D eigenvalue weighted by Gasteiger charge is 2.42. The standard InChI is InChI=1S/C18H19N5OS/c1-2-4-13(5-3-1)16-21-22-17(25-16)23-9-7-18(8-10-23)15-14(6-11-24-18)12-19-20-15/h1-5,12H,6-11H2,(H,19,20). The summed E-state index contributed by atoms with van der Waals surface area (Å²) in [4.78, 5) is 2.32. The van der Waals surface area contributed by atoms with Gasteiger partial charge in [-0.25, -0.2) is 0 Å². The number of benzene rings is 1. The smallest absolute Gasteiger partial charge is 0.208 e. The van der Waals surface area contributed by atoms with Gasteiger partial charge in [0.05, 0.1) is 18.5 Å². The number of piperidine rings is 1. The normalized spacial score (nSPS) is 19.1. The molecular weight excluding hydrogens is 334 g/mol. The predicted molar refractivity (Wildman–Crippen MR) is 96.7 cm³/mol. The third kappa shape index (κ3) is 2.54. The van der Waals surface area contributed by atoms with Gasteiger partial charge in [-0.2, -0.15) is 5.10 Å². The molecule has 0 aliphatic carbocycles. The van der Waals surface area contributed by atoms with Crippen molar-refractivity contribution >= 4 is 16.5 Å². The van der Waals surface area contributed by atoms with Gasteiger partial charge < -0.3 is 9.64 Å². The second-order valence-corrected chi connectivity index (χ2v) is 7.56. The van der Waals surface area contributed by atoms with Crippen molar-refractivity contribution in [2.75, 3.05) is 24.6 Å². The van der Waals surface area contributed by atoms with Gasteiger partial charge in [0.15, 0.2) is 0 Å². The molecule has 2 aliphatic heterocycles. The van der Waals surface area contributed by atoms with E-state index in [2.05, 4.69) is 37.4 Å². The molecule has 1 fully saturated rings. The second-order valence-electron chi connectivity index (χ2n) is 6.61. The number of fused-ring (bicyclic) bond motifs is 2. The Balaban J connectivity index is 1.34.